The van der Waals surface area contributed by atoms with Gasteiger partial charge in [0.2, 0.25) is 11.8 Å². The van der Waals surface area contributed by atoms with Crippen molar-refractivity contribution in [3.8, 4) is 11.1 Å². The lowest BCUT2D eigenvalue weighted by Crippen LogP contribution is -2.52. The summed E-state index contributed by atoms with van der Waals surface area (Å²) in [6.07, 6.45) is 0.0399. The van der Waals surface area contributed by atoms with Gasteiger partial charge in [-0.1, -0.05) is 53.5 Å². The third kappa shape index (κ3) is 4.98. The fourth-order valence-electron chi connectivity index (χ4n) is 3.20. The minimum Gasteiger partial charge on any atom is -0.480 e. The summed E-state index contributed by atoms with van der Waals surface area (Å²) in [5, 5.41) is 11.7. The number of hydrogen-bond acceptors (Lipinski definition) is 4. The zero-order chi connectivity index (χ0) is 21.8. The summed E-state index contributed by atoms with van der Waals surface area (Å²) >= 11 is 12.0. The second kappa shape index (κ2) is 9.28. The first-order valence-electron chi connectivity index (χ1n) is 9.11. The molecule has 9 heteroatoms. The fraction of sp³-hybridized carbons (Fsp3) is 0.238. The lowest BCUT2D eigenvalue weighted by molar-refractivity contribution is -0.152. The molecular formula is C21H18Cl2N2O5. The molecule has 0 aliphatic carbocycles. The standard InChI is InChI=1S/C21H18Cl2N2O5/c22-15-6-5-14(9-16(15)23)13-3-1-12(2-4-13)11-25-8-7-17(26)19(21(25)30)20(29)24-10-18(27)28/h1-6,9,19H,7-8,10-11H2,(H,24,29)(H,27,28). The molecule has 2 aromatic rings. The van der Waals surface area contributed by atoms with Gasteiger partial charge in [0.15, 0.2) is 11.7 Å². The first kappa shape index (κ1) is 21.8. The molecule has 0 saturated carbocycles. The van der Waals surface area contributed by atoms with Gasteiger partial charge < -0.3 is 15.3 Å². The average Bonchev–Trinajstić information content (AvgIpc) is 2.71. The fourth-order valence-corrected chi connectivity index (χ4v) is 3.50. The Balaban J connectivity index is 1.70. The van der Waals surface area contributed by atoms with Crippen molar-refractivity contribution < 1.29 is 24.3 Å². The molecule has 1 atom stereocenters. The van der Waals surface area contributed by atoms with Gasteiger partial charge in [0.25, 0.3) is 0 Å². The zero-order valence-corrected chi connectivity index (χ0v) is 17.2. The van der Waals surface area contributed by atoms with E-state index in [-0.39, 0.29) is 19.5 Å². The molecule has 2 aromatic carbocycles. The molecule has 1 aliphatic rings. The largest absolute Gasteiger partial charge is 0.480 e. The van der Waals surface area contributed by atoms with Crippen LogP contribution in [0.5, 0.6) is 0 Å². The van der Waals surface area contributed by atoms with Crippen LogP contribution in [-0.2, 0) is 25.7 Å². The van der Waals surface area contributed by atoms with E-state index in [4.69, 9.17) is 28.3 Å². The van der Waals surface area contributed by atoms with E-state index in [0.717, 1.165) is 16.7 Å². The first-order chi connectivity index (χ1) is 14.3. The molecule has 156 valence electrons. The Kier molecular flexibility index (Phi) is 6.74. The molecular weight excluding hydrogens is 431 g/mol. The highest BCUT2D eigenvalue weighted by molar-refractivity contribution is 6.42. The molecule has 3 rings (SSSR count). The number of carbonyl (C=O) groups excluding carboxylic acids is 3. The molecule has 0 spiro atoms. The highest BCUT2D eigenvalue weighted by atomic mass is 35.5. The molecule has 1 unspecified atom stereocenters. The van der Waals surface area contributed by atoms with E-state index < -0.39 is 36.0 Å². The second-order valence-electron chi connectivity index (χ2n) is 6.85. The van der Waals surface area contributed by atoms with E-state index in [2.05, 4.69) is 5.32 Å². The molecule has 0 radical (unpaired) electrons. The first-order valence-corrected chi connectivity index (χ1v) is 9.87. The number of carbonyl (C=O) groups is 4. The van der Waals surface area contributed by atoms with Crippen LogP contribution in [0.3, 0.4) is 0 Å². The van der Waals surface area contributed by atoms with Crippen molar-refractivity contribution in [2.45, 2.75) is 13.0 Å². The van der Waals surface area contributed by atoms with Crippen molar-refractivity contribution in [3.05, 3.63) is 58.1 Å². The van der Waals surface area contributed by atoms with Gasteiger partial charge >= 0.3 is 5.97 Å². The van der Waals surface area contributed by atoms with Crippen LogP contribution in [0.1, 0.15) is 12.0 Å². The molecule has 7 nitrogen and oxygen atoms in total. The van der Waals surface area contributed by atoms with E-state index >= 15 is 0 Å². The zero-order valence-electron chi connectivity index (χ0n) is 15.7. The van der Waals surface area contributed by atoms with Crippen molar-refractivity contribution in [2.24, 2.45) is 5.92 Å². The number of nitrogens with one attached hydrogen (secondary N) is 1. The van der Waals surface area contributed by atoms with Crippen molar-refractivity contribution in [3.63, 3.8) is 0 Å². The van der Waals surface area contributed by atoms with Crippen LogP contribution in [0.15, 0.2) is 42.5 Å². The maximum atomic E-state index is 12.7. The molecule has 1 heterocycles. The Bertz CT molecular complexity index is 1010. The third-order valence-corrected chi connectivity index (χ3v) is 5.50. The van der Waals surface area contributed by atoms with Gasteiger partial charge in [0.05, 0.1) is 10.0 Å². The van der Waals surface area contributed by atoms with Crippen LogP contribution in [0.2, 0.25) is 10.0 Å². The topological polar surface area (TPSA) is 104 Å². The monoisotopic (exact) mass is 448 g/mol. The predicted molar refractivity (Wildman–Crippen MR) is 111 cm³/mol. The van der Waals surface area contributed by atoms with Gasteiger partial charge in [-0.15, -0.1) is 0 Å². The van der Waals surface area contributed by atoms with E-state index in [1.54, 1.807) is 12.1 Å². The summed E-state index contributed by atoms with van der Waals surface area (Å²) in [5.74, 6) is -4.77. The van der Waals surface area contributed by atoms with Crippen molar-refractivity contribution in [1.29, 1.82) is 0 Å². The van der Waals surface area contributed by atoms with Crippen molar-refractivity contribution in [2.75, 3.05) is 13.1 Å². The number of rotatable bonds is 6. The van der Waals surface area contributed by atoms with Gasteiger partial charge in [-0.25, -0.2) is 0 Å². The Morgan fingerprint density at radius 1 is 1.03 bits per heavy atom. The van der Waals surface area contributed by atoms with Crippen LogP contribution in [0.4, 0.5) is 0 Å². The predicted octanol–water partition coefficient (Wildman–Crippen LogP) is 2.78. The van der Waals surface area contributed by atoms with Crippen LogP contribution in [0, 0.1) is 5.92 Å². The number of carboxylic acids is 1. The van der Waals surface area contributed by atoms with Crippen LogP contribution in [0.25, 0.3) is 11.1 Å². The molecule has 0 aromatic heterocycles. The molecule has 0 bridgehead atoms. The summed E-state index contributed by atoms with van der Waals surface area (Å²) in [6.45, 7) is -0.211. The maximum Gasteiger partial charge on any atom is 0.322 e. The van der Waals surface area contributed by atoms with Crippen LogP contribution < -0.4 is 5.32 Å². The van der Waals surface area contributed by atoms with E-state index in [1.807, 2.05) is 30.3 Å². The Hall–Kier alpha value is -2.90. The number of likely N-dealkylation sites (tertiary alicyclic amines) is 1. The average molecular weight is 449 g/mol. The lowest BCUT2D eigenvalue weighted by atomic mass is 9.94. The van der Waals surface area contributed by atoms with Gasteiger partial charge in [0, 0.05) is 19.5 Å². The number of aliphatic carboxylic acids is 1. The van der Waals surface area contributed by atoms with E-state index in [9.17, 15) is 19.2 Å². The molecule has 2 amide bonds. The number of ketones is 1. The number of halogens is 2. The minimum absolute atomic E-state index is 0.0399. The van der Waals surface area contributed by atoms with Gasteiger partial charge in [-0.3, -0.25) is 19.2 Å². The summed E-state index contributed by atoms with van der Waals surface area (Å²) in [6, 6.07) is 12.8. The molecule has 2 N–H and O–H groups in total. The van der Waals surface area contributed by atoms with Crippen LogP contribution >= 0.6 is 23.2 Å². The van der Waals surface area contributed by atoms with Crippen molar-refractivity contribution >= 4 is 46.8 Å². The third-order valence-electron chi connectivity index (χ3n) is 4.77. The highest BCUT2D eigenvalue weighted by Crippen LogP contribution is 2.29. The van der Waals surface area contributed by atoms with E-state index in [1.165, 1.54) is 4.90 Å². The number of nitrogens with zero attached hydrogens (tertiary/aromatic N) is 1. The number of carboxylic acid groups (broad SMARTS) is 1. The van der Waals surface area contributed by atoms with Crippen LogP contribution in [-0.4, -0.2) is 46.7 Å². The number of amides is 2. The number of benzene rings is 2. The minimum atomic E-state index is -1.51. The number of Topliss-reactive ketones (excluding diaryl/α,β-unsaturated/α-hetero) is 1. The van der Waals surface area contributed by atoms with Crippen molar-refractivity contribution in [1.82, 2.24) is 10.2 Å². The Morgan fingerprint density at radius 3 is 2.33 bits per heavy atom. The number of hydrogen-bond donors (Lipinski definition) is 2. The summed E-state index contributed by atoms with van der Waals surface area (Å²) in [7, 11) is 0. The normalized spacial score (nSPS) is 16.5. The molecule has 1 fully saturated rings. The number of piperidine rings is 1. The summed E-state index contributed by atoms with van der Waals surface area (Å²) < 4.78 is 0. The SMILES string of the molecule is O=C(O)CNC(=O)C1C(=O)CCN(Cc2ccc(-c3ccc(Cl)c(Cl)c3)cc2)C1=O. The lowest BCUT2D eigenvalue weighted by Gasteiger charge is -2.30. The summed E-state index contributed by atoms with van der Waals surface area (Å²) in [4.78, 5) is 48.9. The summed E-state index contributed by atoms with van der Waals surface area (Å²) in [5.41, 5.74) is 2.64. The Labute approximate surface area is 182 Å². The highest BCUT2D eigenvalue weighted by Gasteiger charge is 2.40. The second-order valence-corrected chi connectivity index (χ2v) is 7.66. The molecule has 1 saturated heterocycles. The van der Waals surface area contributed by atoms with Gasteiger partial charge in [0.1, 0.15) is 6.54 Å². The van der Waals surface area contributed by atoms with Gasteiger partial charge in [-0.2, -0.15) is 0 Å². The Morgan fingerprint density at radius 2 is 1.70 bits per heavy atom. The molecule has 1 aliphatic heterocycles. The van der Waals surface area contributed by atoms with Gasteiger partial charge in [-0.05, 0) is 28.8 Å². The quantitative estimate of drug-likeness (QED) is 0.661. The molecule has 30 heavy (non-hydrogen) atoms. The van der Waals surface area contributed by atoms with E-state index in [0.29, 0.717) is 10.0 Å². The smallest absolute Gasteiger partial charge is 0.322 e. The maximum absolute atomic E-state index is 12.7.